The van der Waals surface area contributed by atoms with Crippen LogP contribution in [0.3, 0.4) is 0 Å². The van der Waals surface area contributed by atoms with Gasteiger partial charge in [0.25, 0.3) is 5.89 Å². The number of halogens is 1. The monoisotopic (exact) mass is 598 g/mol. The normalized spacial score (nSPS) is 20.2. The van der Waals surface area contributed by atoms with Crippen molar-refractivity contribution in [1.82, 2.24) is 20.4 Å². The molecule has 0 atom stereocenters. The molecule has 3 aromatic carbocycles. The van der Waals surface area contributed by atoms with E-state index < -0.39 is 17.3 Å². The highest BCUT2D eigenvalue weighted by molar-refractivity contribution is 6.02. The molecule has 2 fully saturated rings. The summed E-state index contributed by atoms with van der Waals surface area (Å²) in [4.78, 5) is 32.0. The maximum Gasteiger partial charge on any atom is 0.319 e. The number of hydrogen-bond donors (Lipinski definition) is 3. The quantitative estimate of drug-likeness (QED) is 0.233. The molecule has 4 aromatic rings. The Balaban J connectivity index is 1.06. The molecule has 3 N–H and O–H groups in total. The van der Waals surface area contributed by atoms with E-state index in [4.69, 9.17) is 4.52 Å². The Labute approximate surface area is 254 Å². The number of nitrogens with zero attached hydrogens (tertiary/aromatic N) is 3. The molecule has 1 saturated carbocycles. The van der Waals surface area contributed by atoms with E-state index >= 15 is 0 Å². The van der Waals surface area contributed by atoms with Crippen molar-refractivity contribution >= 4 is 11.9 Å². The fourth-order valence-electron chi connectivity index (χ4n) is 6.15. The molecule has 0 unspecified atom stereocenters. The van der Waals surface area contributed by atoms with Gasteiger partial charge in [-0.3, -0.25) is 14.5 Å². The molecule has 2 aliphatic rings. The van der Waals surface area contributed by atoms with E-state index in [9.17, 15) is 24.2 Å². The van der Waals surface area contributed by atoms with Gasteiger partial charge >= 0.3 is 5.97 Å². The molecule has 1 aliphatic carbocycles. The summed E-state index contributed by atoms with van der Waals surface area (Å²) < 4.78 is 20.3. The molecular weight excluding hydrogens is 563 g/mol. The van der Waals surface area contributed by atoms with Crippen LogP contribution in [0.4, 0.5) is 4.39 Å². The van der Waals surface area contributed by atoms with Crippen LogP contribution in [-0.2, 0) is 16.1 Å². The van der Waals surface area contributed by atoms with E-state index in [0.717, 1.165) is 16.7 Å². The number of amides is 1. The summed E-state index contributed by atoms with van der Waals surface area (Å²) in [7, 11) is 0. The van der Waals surface area contributed by atoms with Gasteiger partial charge in [0, 0.05) is 42.4 Å². The largest absolute Gasteiger partial charge is 0.480 e. The van der Waals surface area contributed by atoms with Crippen LogP contribution in [-0.4, -0.2) is 62.4 Å². The first-order valence-electron chi connectivity index (χ1n) is 15.0. The minimum atomic E-state index is -1.43. The third kappa shape index (κ3) is 6.27. The molecule has 44 heavy (non-hydrogen) atoms. The van der Waals surface area contributed by atoms with Gasteiger partial charge in [0.1, 0.15) is 11.2 Å². The Kier molecular flexibility index (Phi) is 8.54. The maximum atomic E-state index is 14.9. The summed E-state index contributed by atoms with van der Waals surface area (Å²) in [6.45, 7) is 1.58. The zero-order valence-electron chi connectivity index (χ0n) is 24.3. The Hall–Kier alpha value is -4.41. The van der Waals surface area contributed by atoms with E-state index in [1.807, 2.05) is 54.6 Å². The van der Waals surface area contributed by atoms with E-state index in [-0.39, 0.29) is 36.7 Å². The first kappa shape index (κ1) is 29.7. The van der Waals surface area contributed by atoms with Gasteiger partial charge in [-0.05, 0) is 61.8 Å². The molecule has 1 saturated heterocycles. The number of benzene rings is 3. The summed E-state index contributed by atoms with van der Waals surface area (Å²) in [5.74, 6) is -1.25. The van der Waals surface area contributed by atoms with Crippen molar-refractivity contribution in [1.29, 1.82) is 0 Å². The third-order valence-corrected chi connectivity index (χ3v) is 8.93. The molecule has 0 radical (unpaired) electrons. The molecule has 0 bridgehead atoms. The average Bonchev–Trinajstić information content (AvgIpc) is 3.54. The molecule has 1 aliphatic heterocycles. The number of aliphatic carboxylic acids is 1. The van der Waals surface area contributed by atoms with Crippen LogP contribution in [0.1, 0.15) is 44.1 Å². The minimum absolute atomic E-state index is 0.0877. The smallest absolute Gasteiger partial charge is 0.319 e. The summed E-state index contributed by atoms with van der Waals surface area (Å²) >= 11 is 0. The SMILES string of the molecule is O=C(O)C1(C(=O)NC2CCC(O)CC2)CCN(Cc2ccc(-c3noc(-c4ccc(-c5ccccc5)c(F)c4)n3)cc2)CC1. The highest BCUT2D eigenvalue weighted by Gasteiger charge is 2.48. The molecular formula is C34H35FN4O5. The van der Waals surface area contributed by atoms with Crippen molar-refractivity contribution in [3.05, 3.63) is 84.2 Å². The number of carboxylic acid groups (broad SMARTS) is 1. The lowest BCUT2D eigenvalue weighted by Crippen LogP contribution is -2.55. The second-order valence-corrected chi connectivity index (χ2v) is 11.8. The van der Waals surface area contributed by atoms with Crippen LogP contribution in [0.25, 0.3) is 34.0 Å². The second-order valence-electron chi connectivity index (χ2n) is 11.8. The lowest BCUT2D eigenvalue weighted by Gasteiger charge is -2.39. The van der Waals surface area contributed by atoms with Crippen LogP contribution < -0.4 is 5.32 Å². The molecule has 2 heterocycles. The van der Waals surface area contributed by atoms with Crippen molar-refractivity contribution in [2.24, 2.45) is 5.41 Å². The van der Waals surface area contributed by atoms with Crippen LogP contribution >= 0.6 is 0 Å². The number of aromatic nitrogens is 2. The van der Waals surface area contributed by atoms with Crippen LogP contribution in [0.15, 0.2) is 77.3 Å². The molecule has 1 amide bonds. The molecule has 6 rings (SSSR count). The van der Waals surface area contributed by atoms with Gasteiger partial charge in [0.05, 0.1) is 6.10 Å². The van der Waals surface area contributed by atoms with Gasteiger partial charge in [0.15, 0.2) is 0 Å². The molecule has 1 aromatic heterocycles. The zero-order valence-corrected chi connectivity index (χ0v) is 24.3. The lowest BCUT2D eigenvalue weighted by atomic mass is 9.77. The predicted octanol–water partition coefficient (Wildman–Crippen LogP) is 5.30. The van der Waals surface area contributed by atoms with Gasteiger partial charge in [0.2, 0.25) is 11.7 Å². The number of nitrogens with one attached hydrogen (secondary N) is 1. The highest BCUT2D eigenvalue weighted by atomic mass is 19.1. The van der Waals surface area contributed by atoms with Gasteiger partial charge < -0.3 is 20.1 Å². The van der Waals surface area contributed by atoms with Crippen molar-refractivity contribution in [2.45, 2.75) is 57.2 Å². The van der Waals surface area contributed by atoms with Crippen LogP contribution in [0.2, 0.25) is 0 Å². The predicted molar refractivity (Wildman–Crippen MR) is 162 cm³/mol. The van der Waals surface area contributed by atoms with Gasteiger partial charge in [-0.1, -0.05) is 65.8 Å². The Morgan fingerprint density at radius 1 is 0.932 bits per heavy atom. The fraction of sp³-hybridized carbons (Fsp3) is 0.353. The first-order valence-corrected chi connectivity index (χ1v) is 15.0. The van der Waals surface area contributed by atoms with Gasteiger partial charge in [-0.2, -0.15) is 4.98 Å². The molecule has 0 spiro atoms. The Bertz CT molecular complexity index is 1610. The highest BCUT2D eigenvalue weighted by Crippen LogP contribution is 2.34. The molecule has 228 valence electrons. The maximum absolute atomic E-state index is 14.9. The lowest BCUT2D eigenvalue weighted by molar-refractivity contribution is -0.160. The van der Waals surface area contributed by atoms with E-state index in [1.54, 1.807) is 12.1 Å². The van der Waals surface area contributed by atoms with Gasteiger partial charge in [-0.15, -0.1) is 0 Å². The van der Waals surface area contributed by atoms with E-state index in [2.05, 4.69) is 20.4 Å². The molecule has 9 nitrogen and oxygen atoms in total. The Morgan fingerprint density at radius 2 is 1.61 bits per heavy atom. The summed E-state index contributed by atoms with van der Waals surface area (Å²) in [5, 5.41) is 26.8. The average molecular weight is 599 g/mol. The number of rotatable bonds is 8. The minimum Gasteiger partial charge on any atom is -0.480 e. The fourth-order valence-corrected chi connectivity index (χ4v) is 6.15. The van der Waals surface area contributed by atoms with E-state index in [0.29, 0.717) is 62.3 Å². The second kappa shape index (κ2) is 12.7. The van der Waals surface area contributed by atoms with Crippen molar-refractivity contribution in [3.63, 3.8) is 0 Å². The number of aliphatic hydroxyl groups is 1. The van der Waals surface area contributed by atoms with Crippen molar-refractivity contribution in [3.8, 4) is 34.0 Å². The Morgan fingerprint density at radius 3 is 2.27 bits per heavy atom. The zero-order chi connectivity index (χ0) is 30.7. The van der Waals surface area contributed by atoms with Crippen molar-refractivity contribution in [2.75, 3.05) is 13.1 Å². The standard InChI is InChI=1S/C34H35FN4O5/c35-29-20-25(10-15-28(29)23-4-2-1-3-5-23)31-37-30(38-44-31)24-8-6-22(7-9-24)21-39-18-16-34(17-19-39,33(42)43)32(41)36-26-11-13-27(40)14-12-26/h1-10,15,20,26-27,40H,11-14,16-19,21H2,(H,36,41)(H,42,43). The van der Waals surface area contributed by atoms with E-state index in [1.165, 1.54) is 6.07 Å². The number of carbonyl (C=O) groups is 2. The van der Waals surface area contributed by atoms with Gasteiger partial charge in [-0.25, -0.2) is 4.39 Å². The number of carboxylic acids is 1. The summed E-state index contributed by atoms with van der Waals surface area (Å²) in [6, 6.07) is 21.8. The number of piperidine rings is 1. The molecule has 10 heteroatoms. The number of likely N-dealkylation sites (tertiary alicyclic amines) is 1. The number of carbonyl (C=O) groups excluding carboxylic acids is 1. The van der Waals surface area contributed by atoms with Crippen LogP contribution in [0, 0.1) is 11.2 Å². The topological polar surface area (TPSA) is 129 Å². The van der Waals surface area contributed by atoms with Crippen LogP contribution in [0.5, 0.6) is 0 Å². The number of hydrogen-bond acceptors (Lipinski definition) is 7. The van der Waals surface area contributed by atoms with Crippen molar-refractivity contribution < 1.29 is 28.7 Å². The third-order valence-electron chi connectivity index (χ3n) is 8.93. The first-order chi connectivity index (χ1) is 21.3. The summed E-state index contributed by atoms with van der Waals surface area (Å²) in [5.41, 5.74) is 2.13. The number of aliphatic hydroxyl groups excluding tert-OH is 1. The summed E-state index contributed by atoms with van der Waals surface area (Å²) in [6.07, 6.45) is 2.70.